The van der Waals surface area contributed by atoms with Gasteiger partial charge in [0.2, 0.25) is 0 Å². The van der Waals surface area contributed by atoms with Crippen molar-refractivity contribution < 1.29 is 17.5 Å². The standard InChI is InChI=1S/C21H18FNO3S/c1-15-10-12-16(13-11-15)27(24,25)23-14-21(17-6-2-3-7-18(17)22)26-20-9-5-4-8-19(20)23/h2-13,21H,14H2,1H3/t21-/m0/s1. The Morgan fingerprint density at radius 3 is 2.37 bits per heavy atom. The molecule has 0 amide bonds. The normalized spacial score (nSPS) is 16.5. The van der Waals surface area contributed by atoms with Gasteiger partial charge in [0.05, 0.1) is 17.1 Å². The molecule has 3 aromatic rings. The molecule has 0 N–H and O–H groups in total. The van der Waals surface area contributed by atoms with Crippen LogP contribution in [-0.2, 0) is 10.0 Å². The van der Waals surface area contributed by atoms with Crippen molar-refractivity contribution in [2.45, 2.75) is 17.9 Å². The summed E-state index contributed by atoms with van der Waals surface area (Å²) in [5.74, 6) is -0.0118. The molecule has 0 saturated heterocycles. The van der Waals surface area contributed by atoms with Crippen LogP contribution in [0, 0.1) is 12.7 Å². The third kappa shape index (κ3) is 3.17. The Hall–Kier alpha value is -2.86. The van der Waals surface area contributed by atoms with Crippen LogP contribution >= 0.6 is 0 Å². The second kappa shape index (κ2) is 6.70. The van der Waals surface area contributed by atoms with E-state index in [1.54, 1.807) is 66.7 Å². The van der Waals surface area contributed by atoms with Gasteiger partial charge in [0.25, 0.3) is 10.0 Å². The predicted molar refractivity (Wildman–Crippen MR) is 102 cm³/mol. The number of para-hydroxylation sites is 2. The van der Waals surface area contributed by atoms with E-state index in [0.29, 0.717) is 17.0 Å². The van der Waals surface area contributed by atoms with Gasteiger partial charge in [-0.15, -0.1) is 0 Å². The summed E-state index contributed by atoms with van der Waals surface area (Å²) in [5.41, 5.74) is 1.75. The van der Waals surface area contributed by atoms with E-state index in [-0.39, 0.29) is 11.4 Å². The molecule has 1 heterocycles. The third-order valence-electron chi connectivity index (χ3n) is 4.60. The lowest BCUT2D eigenvalue weighted by atomic mass is 10.1. The van der Waals surface area contributed by atoms with E-state index in [2.05, 4.69) is 0 Å². The Kier molecular flexibility index (Phi) is 4.36. The highest BCUT2D eigenvalue weighted by atomic mass is 32.2. The number of rotatable bonds is 3. The molecule has 0 spiro atoms. The molecule has 4 rings (SSSR count). The van der Waals surface area contributed by atoms with Gasteiger partial charge in [0.15, 0.2) is 0 Å². The van der Waals surface area contributed by atoms with Crippen molar-refractivity contribution in [2.75, 3.05) is 10.8 Å². The van der Waals surface area contributed by atoms with Gasteiger partial charge in [-0.2, -0.15) is 0 Å². The predicted octanol–water partition coefficient (Wildman–Crippen LogP) is 4.46. The first-order chi connectivity index (χ1) is 13.0. The van der Waals surface area contributed by atoms with Gasteiger partial charge in [-0.05, 0) is 37.3 Å². The van der Waals surface area contributed by atoms with Gasteiger partial charge in [0, 0.05) is 5.56 Å². The Morgan fingerprint density at radius 1 is 0.963 bits per heavy atom. The van der Waals surface area contributed by atoms with E-state index in [1.807, 2.05) is 6.92 Å². The van der Waals surface area contributed by atoms with Crippen molar-refractivity contribution in [1.82, 2.24) is 0 Å². The molecule has 0 aromatic heterocycles. The molecule has 138 valence electrons. The summed E-state index contributed by atoms with van der Waals surface area (Å²) in [6.07, 6.45) is -0.735. The lowest BCUT2D eigenvalue weighted by Crippen LogP contribution is -2.40. The summed E-state index contributed by atoms with van der Waals surface area (Å²) in [6, 6.07) is 19.9. The van der Waals surface area contributed by atoms with Crippen LogP contribution < -0.4 is 9.04 Å². The first-order valence-electron chi connectivity index (χ1n) is 8.56. The number of nitrogens with zero attached hydrogens (tertiary/aromatic N) is 1. The van der Waals surface area contributed by atoms with Crippen LogP contribution in [0.4, 0.5) is 10.1 Å². The molecule has 0 unspecified atom stereocenters. The van der Waals surface area contributed by atoms with Gasteiger partial charge < -0.3 is 4.74 Å². The number of hydrogen-bond donors (Lipinski definition) is 0. The number of anilines is 1. The number of aryl methyl sites for hydroxylation is 1. The minimum atomic E-state index is -3.82. The van der Waals surface area contributed by atoms with Gasteiger partial charge in [-0.1, -0.05) is 48.0 Å². The van der Waals surface area contributed by atoms with Crippen molar-refractivity contribution in [3.05, 3.63) is 89.7 Å². The van der Waals surface area contributed by atoms with E-state index in [9.17, 15) is 12.8 Å². The van der Waals surface area contributed by atoms with Gasteiger partial charge in [0.1, 0.15) is 17.7 Å². The smallest absolute Gasteiger partial charge is 0.264 e. The molecule has 1 aliphatic rings. The fourth-order valence-electron chi connectivity index (χ4n) is 3.17. The molecule has 0 fully saturated rings. The summed E-state index contributed by atoms with van der Waals surface area (Å²) in [5, 5.41) is 0. The Bertz CT molecular complexity index is 1080. The number of halogens is 1. The first kappa shape index (κ1) is 17.5. The van der Waals surface area contributed by atoms with E-state index in [4.69, 9.17) is 4.74 Å². The van der Waals surface area contributed by atoms with Gasteiger partial charge >= 0.3 is 0 Å². The molecule has 0 radical (unpaired) electrons. The fraction of sp³-hybridized carbons (Fsp3) is 0.143. The SMILES string of the molecule is Cc1ccc(S(=O)(=O)N2C[C@@H](c3ccccc3F)Oc3ccccc32)cc1. The molecule has 4 nitrogen and oxygen atoms in total. The number of hydrogen-bond acceptors (Lipinski definition) is 3. The molecule has 6 heteroatoms. The zero-order valence-corrected chi connectivity index (χ0v) is 15.5. The topological polar surface area (TPSA) is 46.6 Å². The molecule has 0 bridgehead atoms. The highest BCUT2D eigenvalue weighted by molar-refractivity contribution is 7.92. The third-order valence-corrected chi connectivity index (χ3v) is 6.39. The average molecular weight is 383 g/mol. The molecular weight excluding hydrogens is 365 g/mol. The van der Waals surface area contributed by atoms with E-state index < -0.39 is 21.9 Å². The van der Waals surface area contributed by atoms with Crippen LogP contribution in [0.5, 0.6) is 5.75 Å². The zero-order valence-electron chi connectivity index (χ0n) is 14.7. The minimum Gasteiger partial charge on any atom is -0.482 e. The lowest BCUT2D eigenvalue weighted by molar-refractivity contribution is 0.199. The number of fused-ring (bicyclic) bond motifs is 1. The van der Waals surface area contributed by atoms with Crippen LogP contribution in [0.3, 0.4) is 0 Å². The minimum absolute atomic E-state index is 0.00580. The van der Waals surface area contributed by atoms with Crippen LogP contribution in [0.25, 0.3) is 0 Å². The fourth-order valence-corrected chi connectivity index (χ4v) is 4.64. The van der Waals surface area contributed by atoms with E-state index in [0.717, 1.165) is 5.56 Å². The van der Waals surface area contributed by atoms with Crippen molar-refractivity contribution in [3.8, 4) is 5.75 Å². The monoisotopic (exact) mass is 383 g/mol. The molecule has 1 aliphatic heterocycles. The Labute approximate surface area is 157 Å². The maximum atomic E-state index is 14.3. The van der Waals surface area contributed by atoms with Crippen molar-refractivity contribution in [3.63, 3.8) is 0 Å². The van der Waals surface area contributed by atoms with Crippen LogP contribution in [0.1, 0.15) is 17.2 Å². The Morgan fingerprint density at radius 2 is 1.63 bits per heavy atom. The second-order valence-corrected chi connectivity index (χ2v) is 8.31. The second-order valence-electron chi connectivity index (χ2n) is 6.44. The van der Waals surface area contributed by atoms with Gasteiger partial charge in [-0.25, -0.2) is 12.8 Å². The number of sulfonamides is 1. The summed E-state index contributed by atoms with van der Waals surface area (Å²) in [7, 11) is -3.82. The zero-order chi connectivity index (χ0) is 19.0. The van der Waals surface area contributed by atoms with Crippen LogP contribution in [0.2, 0.25) is 0 Å². The maximum Gasteiger partial charge on any atom is 0.264 e. The van der Waals surface area contributed by atoms with Gasteiger partial charge in [-0.3, -0.25) is 4.31 Å². The Balaban J connectivity index is 1.81. The largest absolute Gasteiger partial charge is 0.482 e. The van der Waals surface area contributed by atoms with E-state index >= 15 is 0 Å². The van der Waals surface area contributed by atoms with Crippen LogP contribution in [-0.4, -0.2) is 15.0 Å². The molecule has 1 atom stereocenters. The molecular formula is C21H18FNO3S. The summed E-state index contributed by atoms with van der Waals surface area (Å²) in [6.45, 7) is 1.89. The van der Waals surface area contributed by atoms with Crippen molar-refractivity contribution >= 4 is 15.7 Å². The first-order valence-corrected chi connectivity index (χ1v) is 10.0. The molecule has 3 aromatic carbocycles. The quantitative estimate of drug-likeness (QED) is 0.671. The van der Waals surface area contributed by atoms with Crippen LogP contribution in [0.15, 0.2) is 77.7 Å². The molecule has 27 heavy (non-hydrogen) atoms. The summed E-state index contributed by atoms with van der Waals surface area (Å²) < 4.78 is 48.1. The average Bonchev–Trinajstić information content (AvgIpc) is 2.68. The van der Waals surface area contributed by atoms with Crippen molar-refractivity contribution in [1.29, 1.82) is 0 Å². The molecule has 0 saturated carbocycles. The highest BCUT2D eigenvalue weighted by Crippen LogP contribution is 2.41. The number of benzene rings is 3. The summed E-state index contributed by atoms with van der Waals surface area (Å²) in [4.78, 5) is 0.192. The lowest BCUT2D eigenvalue weighted by Gasteiger charge is -2.35. The van der Waals surface area contributed by atoms with Crippen molar-refractivity contribution in [2.24, 2.45) is 0 Å². The maximum absolute atomic E-state index is 14.3. The van der Waals surface area contributed by atoms with E-state index in [1.165, 1.54) is 10.4 Å². The summed E-state index contributed by atoms with van der Waals surface area (Å²) >= 11 is 0. The molecule has 0 aliphatic carbocycles. The highest BCUT2D eigenvalue weighted by Gasteiger charge is 2.35. The number of ether oxygens (including phenoxy) is 1.